The quantitative estimate of drug-likeness (QED) is 0.280. The van der Waals surface area contributed by atoms with Gasteiger partial charge >= 0.3 is 57.6 Å². The summed E-state index contributed by atoms with van der Waals surface area (Å²) in [6.45, 7) is 9.15. The summed E-state index contributed by atoms with van der Waals surface area (Å²) in [6, 6.07) is 17.9. The molecule has 0 saturated carbocycles. The molecular weight excluding hydrogens is 579 g/mol. The van der Waals surface area contributed by atoms with E-state index in [9.17, 15) is 16.9 Å². The maximum atomic E-state index is 9.93. The van der Waals surface area contributed by atoms with Crippen molar-refractivity contribution in [3.63, 3.8) is 0 Å². The van der Waals surface area contributed by atoms with Crippen LogP contribution in [0.4, 0.5) is 16.9 Å². The zero-order valence-corrected chi connectivity index (χ0v) is 19.6. The molecule has 0 spiro atoms. The molecule has 0 nitrogen and oxygen atoms in total. The topological polar surface area (TPSA) is 0 Å². The van der Waals surface area contributed by atoms with Crippen LogP contribution in [0.1, 0.15) is 50.7 Å². The van der Waals surface area contributed by atoms with E-state index in [0.717, 1.165) is 0 Å². The Hall–Kier alpha value is -0.432. The molecule has 0 aliphatic carbocycles. The predicted molar refractivity (Wildman–Crippen MR) is 90.9 cm³/mol. The summed E-state index contributed by atoms with van der Waals surface area (Å²) in [7, 11) is 0. The molecule has 0 atom stereocenters. The Bertz CT molecular complexity index is 678. The first-order valence-corrected chi connectivity index (χ1v) is 15.9. The van der Waals surface area contributed by atoms with Crippen LogP contribution in [0.3, 0.4) is 0 Å². The van der Waals surface area contributed by atoms with Crippen LogP contribution >= 0.6 is 0 Å². The van der Waals surface area contributed by atoms with Crippen LogP contribution < -0.4 is 21.2 Å². The standard InChI is InChI=1S/C18H22I.6FH.Sb/c1-13(2)15-9-5-7-11-17(15)19-18-12-8-6-10-16(18)14(3)4;;;;;;;/h5-14H,1-4H3;6*1H;/q+1;;;;;;;+5/p-6. The molecule has 0 unspecified atom stereocenters. The van der Waals surface area contributed by atoms with E-state index in [4.69, 9.17) is 0 Å². The molecule has 0 amide bonds. The summed E-state index contributed by atoms with van der Waals surface area (Å²) in [4.78, 5) is 0. The van der Waals surface area contributed by atoms with Crippen LogP contribution in [0, 0.1) is 7.14 Å². The normalized spacial score (nSPS) is 14.5. The van der Waals surface area contributed by atoms with E-state index in [0.29, 0.717) is 11.8 Å². The molecule has 8 heteroatoms. The van der Waals surface area contributed by atoms with Crippen molar-refractivity contribution in [3.8, 4) is 0 Å². The summed E-state index contributed by atoms with van der Waals surface area (Å²) in [6.07, 6.45) is 0. The average molecular weight is 601 g/mol. The van der Waals surface area contributed by atoms with Crippen LogP contribution in [0.2, 0.25) is 0 Å². The van der Waals surface area contributed by atoms with Crippen molar-refractivity contribution in [2.24, 2.45) is 0 Å². The van der Waals surface area contributed by atoms with Crippen LogP contribution in [0.5, 0.6) is 0 Å². The minimum absolute atomic E-state index is 0.0818. The zero-order chi connectivity index (χ0) is 20.2. The first kappa shape index (κ1) is 23.6. The van der Waals surface area contributed by atoms with Crippen molar-refractivity contribution >= 4 is 19.5 Å². The minimum atomic E-state index is -11.2. The predicted octanol–water partition coefficient (Wildman–Crippen LogP) is 4.20. The Morgan fingerprint density at radius 3 is 1.15 bits per heavy atom. The van der Waals surface area contributed by atoms with Gasteiger partial charge in [0.25, 0.3) is 0 Å². The number of benzene rings is 2. The molecule has 0 fully saturated rings. The Morgan fingerprint density at radius 1 is 0.615 bits per heavy atom. The van der Waals surface area contributed by atoms with Gasteiger partial charge in [-0.15, -0.1) is 0 Å². The molecular formula is C18H22F6ISb. The summed E-state index contributed by atoms with van der Waals surface area (Å²) < 4.78 is 62.7. The van der Waals surface area contributed by atoms with Gasteiger partial charge in [-0.25, -0.2) is 0 Å². The average Bonchev–Trinajstić information content (AvgIpc) is 2.44. The molecule has 2 rings (SSSR count). The fourth-order valence-corrected chi connectivity index (χ4v) is 5.80. The first-order chi connectivity index (χ1) is 11.5. The van der Waals surface area contributed by atoms with E-state index in [-0.39, 0.29) is 21.2 Å². The number of hydrogen-bond donors (Lipinski definition) is 0. The summed E-state index contributed by atoms with van der Waals surface area (Å²) in [5.74, 6) is 1.23. The van der Waals surface area contributed by atoms with Crippen molar-refractivity contribution in [2.45, 2.75) is 39.5 Å². The van der Waals surface area contributed by atoms with Crippen molar-refractivity contribution in [3.05, 3.63) is 66.8 Å². The Balaban J connectivity index is 0.000000412. The van der Waals surface area contributed by atoms with E-state index in [1.165, 1.54) is 11.1 Å². The summed E-state index contributed by atoms with van der Waals surface area (Å²) >= 11 is -11.3. The van der Waals surface area contributed by atoms with E-state index in [2.05, 4.69) is 76.2 Å². The molecule has 0 heterocycles. The number of rotatable bonds is 4. The molecule has 26 heavy (non-hydrogen) atoms. The second-order valence-electron chi connectivity index (χ2n) is 6.41. The first-order valence-electron chi connectivity index (χ1n) is 7.93. The third-order valence-electron chi connectivity index (χ3n) is 3.26. The third-order valence-corrected chi connectivity index (χ3v) is 6.39. The Labute approximate surface area is 163 Å². The Morgan fingerprint density at radius 2 is 0.885 bits per heavy atom. The Kier molecular flexibility index (Phi) is 7.17. The SMILES string of the molecule is CC(C)c1ccccc1[I+]c1ccccc1C(C)C.[F][Sb-]([F])([F])([F])([F])[F]. The monoisotopic (exact) mass is 600 g/mol. The summed E-state index contributed by atoms with van der Waals surface area (Å²) in [5, 5.41) is 0. The van der Waals surface area contributed by atoms with E-state index < -0.39 is 19.5 Å². The van der Waals surface area contributed by atoms with Crippen molar-refractivity contribution in [1.29, 1.82) is 0 Å². The zero-order valence-electron chi connectivity index (χ0n) is 14.9. The molecule has 0 bridgehead atoms. The van der Waals surface area contributed by atoms with Crippen LogP contribution in [0.25, 0.3) is 0 Å². The molecule has 2 aromatic carbocycles. The van der Waals surface area contributed by atoms with Crippen LogP contribution in [0.15, 0.2) is 48.5 Å². The fraction of sp³-hybridized carbons (Fsp3) is 0.333. The molecule has 2 aromatic rings. The number of hydrogen-bond acceptors (Lipinski definition) is 0. The van der Waals surface area contributed by atoms with Gasteiger partial charge in [-0.1, -0.05) is 64.1 Å². The molecule has 0 saturated heterocycles. The van der Waals surface area contributed by atoms with Gasteiger partial charge in [0.2, 0.25) is 0 Å². The maximum absolute atomic E-state index is 11.2. The van der Waals surface area contributed by atoms with Gasteiger partial charge in [-0.05, 0) is 24.0 Å². The van der Waals surface area contributed by atoms with Gasteiger partial charge in [0.05, 0.1) is 0 Å². The van der Waals surface area contributed by atoms with Crippen LogP contribution in [-0.2, 0) is 0 Å². The van der Waals surface area contributed by atoms with Gasteiger partial charge in [-0.2, -0.15) is 0 Å². The van der Waals surface area contributed by atoms with E-state index >= 15 is 0 Å². The molecule has 0 N–H and O–H groups in total. The van der Waals surface area contributed by atoms with Gasteiger partial charge in [-0.3, -0.25) is 0 Å². The van der Waals surface area contributed by atoms with Crippen molar-refractivity contribution in [2.75, 3.05) is 0 Å². The van der Waals surface area contributed by atoms with Gasteiger partial charge in [0.1, 0.15) is 0 Å². The fourth-order valence-electron chi connectivity index (χ4n) is 2.17. The van der Waals surface area contributed by atoms with E-state index in [1.807, 2.05) is 0 Å². The number of halogens is 7. The second-order valence-corrected chi connectivity index (χ2v) is 14.7. The van der Waals surface area contributed by atoms with E-state index in [1.54, 1.807) is 7.14 Å². The van der Waals surface area contributed by atoms with Crippen LogP contribution in [-0.4, -0.2) is 19.5 Å². The van der Waals surface area contributed by atoms with Crippen molar-refractivity contribution in [1.82, 2.24) is 0 Å². The van der Waals surface area contributed by atoms with Gasteiger partial charge < -0.3 is 0 Å². The van der Waals surface area contributed by atoms with Gasteiger partial charge in [0.15, 0.2) is 7.14 Å². The third kappa shape index (κ3) is 10.7. The molecule has 148 valence electrons. The summed E-state index contributed by atoms with van der Waals surface area (Å²) in [5.41, 5.74) is 3.04. The van der Waals surface area contributed by atoms with Crippen molar-refractivity contribution < 1.29 is 38.1 Å². The van der Waals surface area contributed by atoms with Gasteiger partial charge in [0, 0.05) is 11.1 Å². The second kappa shape index (κ2) is 7.90. The molecule has 0 aromatic heterocycles. The molecule has 0 aliphatic heterocycles. The molecule has 0 radical (unpaired) electrons. The molecule has 0 aliphatic rings.